The summed E-state index contributed by atoms with van der Waals surface area (Å²) in [7, 11) is 0. The van der Waals surface area contributed by atoms with Crippen molar-refractivity contribution in [3.63, 3.8) is 0 Å². The van der Waals surface area contributed by atoms with E-state index in [0.717, 1.165) is 18.1 Å². The fourth-order valence-electron chi connectivity index (χ4n) is 2.37. The van der Waals surface area contributed by atoms with Crippen LogP contribution >= 0.6 is 0 Å². The first-order valence-electron chi connectivity index (χ1n) is 6.42. The molecule has 1 aromatic rings. The van der Waals surface area contributed by atoms with E-state index in [2.05, 4.69) is 10.1 Å². The highest BCUT2D eigenvalue weighted by molar-refractivity contribution is 4.94. The summed E-state index contributed by atoms with van der Waals surface area (Å²) < 4.78 is 5.34. The van der Waals surface area contributed by atoms with E-state index in [4.69, 9.17) is 10.3 Å². The highest BCUT2D eigenvalue weighted by Crippen LogP contribution is 2.29. The number of nitrogens with two attached hydrogens (primary N) is 1. The number of nitrogens with zero attached hydrogens (tertiary/aromatic N) is 2. The van der Waals surface area contributed by atoms with Crippen LogP contribution in [0.5, 0.6) is 0 Å². The van der Waals surface area contributed by atoms with Gasteiger partial charge in [-0.3, -0.25) is 0 Å². The smallest absolute Gasteiger partial charge is 0.229 e. The fraction of sp³-hybridized carbons (Fsp3) is 0.833. The van der Waals surface area contributed by atoms with Crippen molar-refractivity contribution in [3.8, 4) is 0 Å². The predicted octanol–water partition coefficient (Wildman–Crippen LogP) is 2.40. The molecule has 1 fully saturated rings. The van der Waals surface area contributed by atoms with Crippen LogP contribution in [0.3, 0.4) is 0 Å². The Hall–Kier alpha value is -0.900. The van der Waals surface area contributed by atoms with Crippen LogP contribution in [0.4, 0.5) is 0 Å². The summed E-state index contributed by atoms with van der Waals surface area (Å²) >= 11 is 0. The van der Waals surface area contributed by atoms with E-state index in [0.29, 0.717) is 12.5 Å². The molecule has 0 unspecified atom stereocenters. The first-order chi connectivity index (χ1) is 7.90. The van der Waals surface area contributed by atoms with E-state index in [1.54, 1.807) is 0 Å². The van der Waals surface area contributed by atoms with Gasteiger partial charge in [-0.1, -0.05) is 37.3 Å². The Balaban J connectivity index is 1.97. The van der Waals surface area contributed by atoms with Gasteiger partial charge in [0.2, 0.25) is 5.89 Å². The third-order valence-electron chi connectivity index (χ3n) is 3.31. The third kappa shape index (κ3) is 3.04. The number of hydrogen-bond donors (Lipinski definition) is 1. The van der Waals surface area contributed by atoms with Crippen LogP contribution in [-0.2, 0) is 6.42 Å². The average Bonchev–Trinajstić information content (AvgIpc) is 2.66. The fourth-order valence-corrected chi connectivity index (χ4v) is 2.37. The molecule has 0 amide bonds. The van der Waals surface area contributed by atoms with Gasteiger partial charge in [-0.15, -0.1) is 0 Å². The van der Waals surface area contributed by atoms with Crippen molar-refractivity contribution in [1.82, 2.24) is 10.1 Å². The van der Waals surface area contributed by atoms with Crippen molar-refractivity contribution in [2.45, 2.75) is 57.3 Å². The molecule has 0 radical (unpaired) electrons. The molecule has 4 nitrogen and oxygen atoms in total. The Morgan fingerprint density at radius 3 is 2.50 bits per heavy atom. The summed E-state index contributed by atoms with van der Waals surface area (Å²) in [6, 6.07) is 0. The minimum atomic E-state index is 0.485. The molecular weight excluding hydrogens is 202 g/mol. The Morgan fingerprint density at radius 1 is 1.12 bits per heavy atom. The second-order valence-corrected chi connectivity index (χ2v) is 4.63. The van der Waals surface area contributed by atoms with E-state index in [1.807, 2.05) is 0 Å². The van der Waals surface area contributed by atoms with Gasteiger partial charge in [0.1, 0.15) is 0 Å². The number of rotatable bonds is 3. The van der Waals surface area contributed by atoms with Gasteiger partial charge in [-0.05, 0) is 19.4 Å². The Labute approximate surface area is 96.6 Å². The molecule has 1 aliphatic carbocycles. The topological polar surface area (TPSA) is 64.9 Å². The van der Waals surface area contributed by atoms with E-state index >= 15 is 0 Å². The molecule has 0 atom stereocenters. The molecule has 0 saturated heterocycles. The third-order valence-corrected chi connectivity index (χ3v) is 3.31. The van der Waals surface area contributed by atoms with E-state index in [9.17, 15) is 0 Å². The SMILES string of the molecule is NCCc1noc(C2CCCCCCC2)n1. The van der Waals surface area contributed by atoms with Crippen molar-refractivity contribution in [2.75, 3.05) is 6.54 Å². The van der Waals surface area contributed by atoms with Gasteiger partial charge in [0.15, 0.2) is 5.82 Å². The van der Waals surface area contributed by atoms with E-state index in [1.165, 1.54) is 44.9 Å². The molecule has 0 spiro atoms. The number of hydrogen-bond acceptors (Lipinski definition) is 4. The molecule has 0 aromatic carbocycles. The molecule has 1 aromatic heterocycles. The maximum atomic E-state index is 5.47. The van der Waals surface area contributed by atoms with Gasteiger partial charge >= 0.3 is 0 Å². The molecule has 1 heterocycles. The first-order valence-corrected chi connectivity index (χ1v) is 6.42. The standard InChI is InChI=1S/C12H21N3O/c13-9-8-11-14-12(16-15-11)10-6-4-2-1-3-5-7-10/h10H,1-9,13H2. The van der Waals surface area contributed by atoms with Crippen molar-refractivity contribution in [1.29, 1.82) is 0 Å². The molecule has 2 N–H and O–H groups in total. The second kappa shape index (κ2) is 5.99. The highest BCUT2D eigenvalue weighted by Gasteiger charge is 2.19. The van der Waals surface area contributed by atoms with Gasteiger partial charge in [-0.25, -0.2) is 0 Å². The van der Waals surface area contributed by atoms with Crippen LogP contribution < -0.4 is 5.73 Å². The van der Waals surface area contributed by atoms with Crippen LogP contribution in [0.25, 0.3) is 0 Å². The Kier molecular flexibility index (Phi) is 4.34. The molecule has 0 aliphatic heterocycles. The highest BCUT2D eigenvalue weighted by atomic mass is 16.5. The zero-order chi connectivity index (χ0) is 11.2. The van der Waals surface area contributed by atoms with Gasteiger partial charge < -0.3 is 10.3 Å². The average molecular weight is 223 g/mol. The quantitative estimate of drug-likeness (QED) is 0.854. The van der Waals surface area contributed by atoms with Crippen molar-refractivity contribution in [2.24, 2.45) is 5.73 Å². The molecule has 2 rings (SSSR count). The first kappa shape index (κ1) is 11.6. The summed E-state index contributed by atoms with van der Waals surface area (Å²) in [5.74, 6) is 2.09. The van der Waals surface area contributed by atoms with Crippen LogP contribution in [0.1, 0.15) is 62.6 Å². The molecule has 1 aliphatic rings. The van der Waals surface area contributed by atoms with E-state index in [-0.39, 0.29) is 0 Å². The lowest BCUT2D eigenvalue weighted by Gasteiger charge is -2.15. The van der Waals surface area contributed by atoms with Crippen molar-refractivity contribution in [3.05, 3.63) is 11.7 Å². The summed E-state index contributed by atoms with van der Waals surface area (Å²) in [5.41, 5.74) is 5.47. The van der Waals surface area contributed by atoms with Crippen LogP contribution in [-0.4, -0.2) is 16.7 Å². The van der Waals surface area contributed by atoms with Crippen LogP contribution in [0, 0.1) is 0 Å². The van der Waals surface area contributed by atoms with Crippen LogP contribution in [0.15, 0.2) is 4.52 Å². The summed E-state index contributed by atoms with van der Waals surface area (Å²) in [5, 5.41) is 3.97. The lowest BCUT2D eigenvalue weighted by Crippen LogP contribution is -2.05. The molecule has 4 heteroatoms. The van der Waals surface area contributed by atoms with Crippen molar-refractivity contribution >= 4 is 0 Å². The van der Waals surface area contributed by atoms with E-state index < -0.39 is 0 Å². The van der Waals surface area contributed by atoms with Crippen molar-refractivity contribution < 1.29 is 4.52 Å². The maximum absolute atomic E-state index is 5.47. The van der Waals surface area contributed by atoms with Gasteiger partial charge in [-0.2, -0.15) is 4.98 Å². The van der Waals surface area contributed by atoms with Gasteiger partial charge in [0.05, 0.1) is 0 Å². The Morgan fingerprint density at radius 2 is 1.81 bits per heavy atom. The summed E-state index contributed by atoms with van der Waals surface area (Å²) in [6.45, 7) is 0.587. The minimum Gasteiger partial charge on any atom is -0.339 e. The van der Waals surface area contributed by atoms with Gasteiger partial charge in [0, 0.05) is 12.3 Å². The lowest BCUT2D eigenvalue weighted by atomic mass is 9.91. The zero-order valence-corrected chi connectivity index (χ0v) is 9.82. The molecule has 16 heavy (non-hydrogen) atoms. The lowest BCUT2D eigenvalue weighted by molar-refractivity contribution is 0.320. The normalized spacial score (nSPS) is 19.3. The maximum Gasteiger partial charge on any atom is 0.229 e. The molecule has 90 valence electrons. The minimum absolute atomic E-state index is 0.485. The Bertz CT molecular complexity index is 303. The van der Waals surface area contributed by atoms with Crippen LogP contribution in [0.2, 0.25) is 0 Å². The molecule has 1 saturated carbocycles. The predicted molar refractivity (Wildman–Crippen MR) is 62.1 cm³/mol. The van der Waals surface area contributed by atoms with Gasteiger partial charge in [0.25, 0.3) is 0 Å². The molecular formula is C12H21N3O. The summed E-state index contributed by atoms with van der Waals surface area (Å²) in [6.07, 6.45) is 9.78. The second-order valence-electron chi connectivity index (χ2n) is 4.63. The largest absolute Gasteiger partial charge is 0.339 e. The number of aromatic nitrogens is 2. The molecule has 0 bridgehead atoms. The zero-order valence-electron chi connectivity index (χ0n) is 9.82. The summed E-state index contributed by atoms with van der Waals surface area (Å²) in [4.78, 5) is 4.44. The monoisotopic (exact) mass is 223 g/mol.